The average molecular weight is 234 g/mol. The third-order valence-corrected chi connectivity index (χ3v) is 4.80. The second-order valence-corrected chi connectivity index (χ2v) is 5.51. The zero-order valence-electron chi connectivity index (χ0n) is 10.4. The maximum atomic E-state index is 10.9. The van der Waals surface area contributed by atoms with E-state index in [2.05, 4.69) is 25.3 Å². The summed E-state index contributed by atoms with van der Waals surface area (Å²) in [6.07, 6.45) is 11.6. The Bertz CT molecular complexity index is 324. The molecule has 0 heterocycles. The molecule has 0 aromatic carbocycles. The van der Waals surface area contributed by atoms with Crippen LogP contribution in [-0.4, -0.2) is 21.4 Å². The lowest BCUT2D eigenvalue weighted by Gasteiger charge is -2.47. The van der Waals surface area contributed by atoms with Crippen molar-refractivity contribution in [1.29, 1.82) is 0 Å². The van der Waals surface area contributed by atoms with Gasteiger partial charge >= 0.3 is 0 Å². The molecule has 1 fully saturated rings. The van der Waals surface area contributed by atoms with E-state index in [0.29, 0.717) is 25.7 Å². The van der Waals surface area contributed by atoms with Gasteiger partial charge < -0.3 is 10.2 Å². The Morgan fingerprint density at radius 2 is 1.35 bits per heavy atom. The van der Waals surface area contributed by atoms with E-state index in [0.717, 1.165) is 12.8 Å². The van der Waals surface area contributed by atoms with Crippen LogP contribution < -0.4 is 0 Å². The first-order valence-electron chi connectivity index (χ1n) is 6.35. The molecular weight excluding hydrogens is 212 g/mol. The van der Waals surface area contributed by atoms with Gasteiger partial charge in [-0.3, -0.25) is 0 Å². The van der Waals surface area contributed by atoms with Crippen molar-refractivity contribution in [2.24, 2.45) is 5.41 Å². The lowest BCUT2D eigenvalue weighted by Crippen LogP contribution is -2.54. The second kappa shape index (κ2) is 4.11. The summed E-state index contributed by atoms with van der Waals surface area (Å²) < 4.78 is 0. The minimum absolute atomic E-state index is 0.442. The van der Waals surface area contributed by atoms with E-state index in [1.54, 1.807) is 12.2 Å². The summed E-state index contributed by atoms with van der Waals surface area (Å²) >= 11 is 0. The maximum absolute atomic E-state index is 10.9. The third-order valence-electron chi connectivity index (χ3n) is 4.80. The molecule has 94 valence electrons. The zero-order valence-corrected chi connectivity index (χ0v) is 10.4. The average Bonchev–Trinajstić information content (AvgIpc) is 2.84. The molecule has 0 aromatic rings. The van der Waals surface area contributed by atoms with E-state index in [-0.39, 0.29) is 0 Å². The highest BCUT2D eigenvalue weighted by Gasteiger charge is 2.65. The Balaban J connectivity index is 2.40. The highest BCUT2D eigenvalue weighted by Crippen LogP contribution is 2.62. The van der Waals surface area contributed by atoms with Crippen molar-refractivity contribution in [2.75, 3.05) is 0 Å². The van der Waals surface area contributed by atoms with Crippen LogP contribution in [0.25, 0.3) is 0 Å². The van der Waals surface area contributed by atoms with Gasteiger partial charge in [-0.2, -0.15) is 0 Å². The molecule has 17 heavy (non-hydrogen) atoms. The first kappa shape index (κ1) is 12.6. The number of allylic oxidation sites excluding steroid dienone is 2. The Kier molecular flexibility index (Phi) is 3.04. The normalized spacial score (nSPS) is 38.7. The highest BCUT2D eigenvalue weighted by atomic mass is 16.3. The fourth-order valence-corrected chi connectivity index (χ4v) is 3.81. The molecule has 0 aliphatic heterocycles. The Hall–Kier alpha value is -0.860. The van der Waals surface area contributed by atoms with Gasteiger partial charge in [0.2, 0.25) is 0 Å². The van der Waals surface area contributed by atoms with Gasteiger partial charge in [-0.1, -0.05) is 24.3 Å². The summed E-state index contributed by atoms with van der Waals surface area (Å²) in [6.45, 7) is 7.47. The minimum Gasteiger partial charge on any atom is -0.389 e. The maximum Gasteiger partial charge on any atom is 0.0772 e. The van der Waals surface area contributed by atoms with Gasteiger partial charge in [0.05, 0.1) is 11.2 Å². The second-order valence-electron chi connectivity index (χ2n) is 5.51. The quantitative estimate of drug-likeness (QED) is 0.734. The SMILES string of the molecule is C=CC[C@]1(O)CC[C@@](O)(CC=C)C12CC=CC2. The van der Waals surface area contributed by atoms with Crippen LogP contribution in [0.3, 0.4) is 0 Å². The first-order valence-corrected chi connectivity index (χ1v) is 6.35. The van der Waals surface area contributed by atoms with E-state index < -0.39 is 16.6 Å². The van der Waals surface area contributed by atoms with Gasteiger partial charge in [0.25, 0.3) is 0 Å². The molecule has 2 aliphatic rings. The van der Waals surface area contributed by atoms with Crippen molar-refractivity contribution in [3.05, 3.63) is 37.5 Å². The van der Waals surface area contributed by atoms with Gasteiger partial charge in [-0.05, 0) is 38.5 Å². The van der Waals surface area contributed by atoms with E-state index in [4.69, 9.17) is 0 Å². The highest BCUT2D eigenvalue weighted by molar-refractivity contribution is 5.24. The summed E-state index contributed by atoms with van der Waals surface area (Å²) in [5.41, 5.74) is -2.09. The molecule has 2 aliphatic carbocycles. The summed E-state index contributed by atoms with van der Waals surface area (Å²) in [5.74, 6) is 0. The van der Waals surface area contributed by atoms with Crippen molar-refractivity contribution in [3.8, 4) is 0 Å². The Morgan fingerprint density at radius 1 is 0.941 bits per heavy atom. The van der Waals surface area contributed by atoms with Crippen LogP contribution >= 0.6 is 0 Å². The monoisotopic (exact) mass is 234 g/mol. The summed E-state index contributed by atoms with van der Waals surface area (Å²) in [4.78, 5) is 0. The molecule has 2 heteroatoms. The Morgan fingerprint density at radius 3 is 1.71 bits per heavy atom. The molecule has 0 aromatic heterocycles. The van der Waals surface area contributed by atoms with Gasteiger partial charge in [0.1, 0.15) is 0 Å². The predicted octanol–water partition coefficient (Wildman–Crippen LogP) is 2.73. The molecule has 0 amide bonds. The van der Waals surface area contributed by atoms with Gasteiger partial charge in [-0.25, -0.2) is 0 Å². The van der Waals surface area contributed by atoms with Gasteiger partial charge in [0.15, 0.2) is 0 Å². The fourth-order valence-electron chi connectivity index (χ4n) is 3.81. The van der Waals surface area contributed by atoms with E-state index in [1.807, 2.05) is 0 Å². The molecule has 0 bridgehead atoms. The van der Waals surface area contributed by atoms with Crippen LogP contribution in [-0.2, 0) is 0 Å². The lowest BCUT2D eigenvalue weighted by molar-refractivity contribution is -0.142. The summed E-state index contributed by atoms with van der Waals surface area (Å²) in [6, 6.07) is 0. The molecule has 2 N–H and O–H groups in total. The van der Waals surface area contributed by atoms with E-state index in [1.165, 1.54) is 0 Å². The van der Waals surface area contributed by atoms with Crippen LogP contribution in [0.2, 0.25) is 0 Å². The Labute approximate surface area is 103 Å². The van der Waals surface area contributed by atoms with Gasteiger partial charge in [0, 0.05) is 5.41 Å². The fraction of sp³-hybridized carbons (Fsp3) is 0.600. The van der Waals surface area contributed by atoms with Crippen LogP contribution in [0.1, 0.15) is 38.5 Å². The molecular formula is C15H22O2. The molecule has 2 nitrogen and oxygen atoms in total. The minimum atomic E-state index is -0.823. The van der Waals surface area contributed by atoms with E-state index in [9.17, 15) is 10.2 Å². The van der Waals surface area contributed by atoms with Crippen LogP contribution in [0, 0.1) is 5.41 Å². The molecule has 1 saturated carbocycles. The third kappa shape index (κ3) is 1.54. The molecule has 0 unspecified atom stereocenters. The zero-order chi connectivity index (χ0) is 12.6. The number of rotatable bonds is 4. The van der Waals surface area contributed by atoms with Crippen LogP contribution in [0.4, 0.5) is 0 Å². The van der Waals surface area contributed by atoms with Crippen molar-refractivity contribution < 1.29 is 10.2 Å². The molecule has 0 radical (unpaired) electrons. The topological polar surface area (TPSA) is 40.5 Å². The van der Waals surface area contributed by atoms with Gasteiger partial charge in [-0.15, -0.1) is 13.2 Å². The van der Waals surface area contributed by atoms with Crippen molar-refractivity contribution in [3.63, 3.8) is 0 Å². The largest absolute Gasteiger partial charge is 0.389 e. The number of hydrogen-bond acceptors (Lipinski definition) is 2. The standard InChI is InChI=1S/C15H22O2/c1-3-7-14(16)11-12-15(17,8-4-2)13(14)9-5-6-10-13/h3-6,16-17H,1-2,7-12H2/t14-,15-/m0/s1. The number of aliphatic hydroxyl groups is 2. The molecule has 0 saturated heterocycles. The molecule has 2 atom stereocenters. The summed E-state index contributed by atoms with van der Waals surface area (Å²) in [5, 5.41) is 21.8. The van der Waals surface area contributed by atoms with Crippen molar-refractivity contribution in [2.45, 2.75) is 49.7 Å². The van der Waals surface area contributed by atoms with E-state index >= 15 is 0 Å². The van der Waals surface area contributed by atoms with Crippen LogP contribution in [0.15, 0.2) is 37.5 Å². The summed E-state index contributed by atoms with van der Waals surface area (Å²) in [7, 11) is 0. The lowest BCUT2D eigenvalue weighted by atomic mass is 9.63. The molecule has 1 spiro atoms. The smallest absolute Gasteiger partial charge is 0.0772 e. The van der Waals surface area contributed by atoms with Crippen LogP contribution in [0.5, 0.6) is 0 Å². The first-order chi connectivity index (χ1) is 8.04. The van der Waals surface area contributed by atoms with Crippen molar-refractivity contribution >= 4 is 0 Å². The van der Waals surface area contributed by atoms with Crippen molar-refractivity contribution in [1.82, 2.24) is 0 Å². The predicted molar refractivity (Wildman–Crippen MR) is 69.6 cm³/mol. The molecule has 2 rings (SSSR count). The number of hydrogen-bond donors (Lipinski definition) is 2.